The molecule has 1 saturated heterocycles. The summed E-state index contributed by atoms with van der Waals surface area (Å²) in [5.74, 6) is 1.53. The number of rotatable bonds is 6. The van der Waals surface area contributed by atoms with Crippen molar-refractivity contribution in [2.75, 3.05) is 30.3 Å². The second-order valence-electron chi connectivity index (χ2n) is 9.74. The van der Waals surface area contributed by atoms with Crippen LogP contribution in [0.2, 0.25) is 0 Å². The van der Waals surface area contributed by atoms with Gasteiger partial charge in [0, 0.05) is 36.4 Å². The Morgan fingerprint density at radius 3 is 2.67 bits per heavy atom. The third-order valence-electron chi connectivity index (χ3n) is 7.12. The van der Waals surface area contributed by atoms with Crippen LogP contribution in [0.15, 0.2) is 30.6 Å². The summed E-state index contributed by atoms with van der Waals surface area (Å²) < 4.78 is 6.05. The molecule has 0 unspecified atom stereocenters. The highest BCUT2D eigenvalue weighted by atomic mass is 16.5. The first-order chi connectivity index (χ1) is 15.9. The molecule has 1 aromatic carbocycles. The van der Waals surface area contributed by atoms with Crippen LogP contribution in [0.4, 0.5) is 11.5 Å². The smallest absolute Gasteiger partial charge is 0.242 e. The summed E-state index contributed by atoms with van der Waals surface area (Å²) in [5, 5.41) is 8.75. The van der Waals surface area contributed by atoms with E-state index >= 15 is 0 Å². The molecule has 3 N–H and O–H groups in total. The van der Waals surface area contributed by atoms with Crippen molar-refractivity contribution >= 4 is 23.1 Å². The minimum absolute atomic E-state index is 0.107. The van der Waals surface area contributed by atoms with Gasteiger partial charge >= 0.3 is 0 Å². The number of anilines is 2. The lowest BCUT2D eigenvalue weighted by atomic mass is 9.93. The summed E-state index contributed by atoms with van der Waals surface area (Å²) in [6, 6.07) is 7.60. The summed E-state index contributed by atoms with van der Waals surface area (Å²) in [6.07, 6.45) is 9.46. The van der Waals surface area contributed by atoms with Crippen molar-refractivity contribution in [1.82, 2.24) is 14.9 Å². The zero-order valence-electron chi connectivity index (χ0n) is 19.2. The number of hydrogen-bond donors (Lipinski definition) is 2. The minimum atomic E-state index is -0.107. The summed E-state index contributed by atoms with van der Waals surface area (Å²) in [4.78, 5) is 25.7. The lowest BCUT2D eigenvalue weighted by Crippen LogP contribution is -2.54. The van der Waals surface area contributed by atoms with Gasteiger partial charge in [-0.2, -0.15) is 0 Å². The van der Waals surface area contributed by atoms with Crippen molar-refractivity contribution in [3.63, 3.8) is 0 Å². The van der Waals surface area contributed by atoms with E-state index in [4.69, 9.17) is 15.9 Å². The van der Waals surface area contributed by atoms with Gasteiger partial charge in [-0.05, 0) is 50.8 Å². The zero-order valence-corrected chi connectivity index (χ0v) is 19.2. The van der Waals surface area contributed by atoms with Gasteiger partial charge < -0.3 is 20.3 Å². The monoisotopic (exact) mass is 448 g/mol. The highest BCUT2D eigenvalue weighted by molar-refractivity contribution is 6.13. The minimum Gasteiger partial charge on any atom is -0.488 e. The van der Waals surface area contributed by atoms with E-state index in [2.05, 4.69) is 21.8 Å². The lowest BCUT2D eigenvalue weighted by Gasteiger charge is -2.40. The van der Waals surface area contributed by atoms with Crippen molar-refractivity contribution in [3.05, 3.63) is 41.9 Å². The largest absolute Gasteiger partial charge is 0.488 e. The van der Waals surface area contributed by atoms with Crippen LogP contribution in [0.25, 0.3) is 0 Å². The number of hydrogen-bond acceptors (Lipinski definition) is 7. The average Bonchev–Trinajstić information content (AvgIpc) is 3.57. The number of piperazine rings is 1. The van der Waals surface area contributed by atoms with E-state index in [0.717, 1.165) is 32.2 Å². The van der Waals surface area contributed by atoms with E-state index < -0.39 is 0 Å². The SMILES string of the molecule is CC1(Oc2ccc(N)c(C(=N)c3cc(N4CCN(C5CCCCC5)C(=O)C4)ncn3)c2)CC1. The molecule has 3 fully saturated rings. The average molecular weight is 449 g/mol. The number of carbonyl (C=O) groups excluding carboxylic acids is 1. The normalized spacial score (nSPS) is 20.6. The highest BCUT2D eigenvalue weighted by Gasteiger charge is 2.40. The molecule has 8 nitrogen and oxygen atoms in total. The molecule has 1 amide bonds. The van der Waals surface area contributed by atoms with Crippen LogP contribution >= 0.6 is 0 Å². The first-order valence-corrected chi connectivity index (χ1v) is 12.0. The molecule has 2 aliphatic carbocycles. The standard InChI is InChI=1S/C25H32N6O2/c1-25(9-10-25)33-18-7-8-20(26)19(13-18)24(27)21-14-22(29-16-28-21)30-11-12-31(23(32)15-30)17-5-3-2-4-6-17/h7-8,13-14,16-17,27H,2-6,9-12,15,26H2,1H3. The second-order valence-corrected chi connectivity index (χ2v) is 9.74. The van der Waals surface area contributed by atoms with Crippen molar-refractivity contribution in [2.24, 2.45) is 0 Å². The van der Waals surface area contributed by atoms with Crippen LogP contribution < -0.4 is 15.4 Å². The Kier molecular flexibility index (Phi) is 5.68. The summed E-state index contributed by atoms with van der Waals surface area (Å²) in [5.41, 5.74) is 7.86. The van der Waals surface area contributed by atoms with E-state index in [1.54, 1.807) is 12.1 Å². The molecular weight excluding hydrogens is 416 g/mol. The summed E-state index contributed by atoms with van der Waals surface area (Å²) >= 11 is 0. The molecule has 5 rings (SSSR count). The molecule has 0 bridgehead atoms. The zero-order chi connectivity index (χ0) is 23.0. The fourth-order valence-corrected chi connectivity index (χ4v) is 4.83. The van der Waals surface area contributed by atoms with E-state index in [1.807, 2.05) is 17.0 Å². The molecule has 0 atom stereocenters. The van der Waals surface area contributed by atoms with Gasteiger partial charge in [0.15, 0.2) is 0 Å². The van der Waals surface area contributed by atoms with E-state index in [1.165, 1.54) is 25.6 Å². The maximum absolute atomic E-state index is 12.9. The van der Waals surface area contributed by atoms with E-state index in [9.17, 15) is 4.79 Å². The second kappa shape index (κ2) is 8.65. The summed E-state index contributed by atoms with van der Waals surface area (Å²) in [7, 11) is 0. The molecule has 1 aliphatic heterocycles. The van der Waals surface area contributed by atoms with Gasteiger partial charge in [-0.15, -0.1) is 0 Å². The fraction of sp³-hybridized carbons (Fsp3) is 0.520. The Morgan fingerprint density at radius 1 is 1.15 bits per heavy atom. The van der Waals surface area contributed by atoms with Crippen LogP contribution in [0, 0.1) is 5.41 Å². The number of nitrogens with zero attached hydrogens (tertiary/aromatic N) is 4. The predicted octanol–water partition coefficient (Wildman–Crippen LogP) is 3.39. The first kappa shape index (κ1) is 21.7. The maximum atomic E-state index is 12.9. The van der Waals surface area contributed by atoms with Crippen LogP contribution in [-0.4, -0.2) is 57.8 Å². The molecule has 2 saturated carbocycles. The lowest BCUT2D eigenvalue weighted by molar-refractivity contribution is -0.134. The Balaban J connectivity index is 1.31. The number of aromatic nitrogens is 2. The number of benzene rings is 1. The van der Waals surface area contributed by atoms with Crippen molar-refractivity contribution in [2.45, 2.75) is 63.5 Å². The Bertz CT molecular complexity index is 1060. The van der Waals surface area contributed by atoms with Crippen molar-refractivity contribution < 1.29 is 9.53 Å². The first-order valence-electron chi connectivity index (χ1n) is 12.0. The van der Waals surface area contributed by atoms with Gasteiger partial charge in [0.25, 0.3) is 0 Å². The highest BCUT2D eigenvalue weighted by Crippen LogP contribution is 2.40. The van der Waals surface area contributed by atoms with Crippen LogP contribution in [0.5, 0.6) is 5.75 Å². The van der Waals surface area contributed by atoms with Gasteiger partial charge in [0.1, 0.15) is 23.5 Å². The van der Waals surface area contributed by atoms with Gasteiger partial charge in [-0.25, -0.2) is 9.97 Å². The third kappa shape index (κ3) is 4.65. The predicted molar refractivity (Wildman–Crippen MR) is 128 cm³/mol. The number of amides is 1. The van der Waals surface area contributed by atoms with Gasteiger partial charge in [-0.1, -0.05) is 19.3 Å². The van der Waals surface area contributed by atoms with Crippen molar-refractivity contribution in [1.29, 1.82) is 5.41 Å². The maximum Gasteiger partial charge on any atom is 0.242 e. The van der Waals surface area contributed by atoms with Gasteiger partial charge in [-0.3, -0.25) is 10.2 Å². The molecule has 2 aromatic rings. The van der Waals surface area contributed by atoms with Gasteiger partial charge in [0.05, 0.1) is 18.0 Å². The quantitative estimate of drug-likeness (QED) is 0.518. The number of ether oxygens (including phenoxy) is 1. The molecule has 174 valence electrons. The molecule has 2 heterocycles. The van der Waals surface area contributed by atoms with E-state index in [-0.39, 0.29) is 17.2 Å². The molecule has 0 radical (unpaired) electrons. The van der Waals surface area contributed by atoms with Crippen molar-refractivity contribution in [3.8, 4) is 5.75 Å². The van der Waals surface area contributed by atoms with Crippen LogP contribution in [0.1, 0.15) is 63.1 Å². The Morgan fingerprint density at radius 2 is 1.94 bits per heavy atom. The summed E-state index contributed by atoms with van der Waals surface area (Å²) in [6.45, 7) is 3.84. The number of nitrogens with one attached hydrogen (secondary N) is 1. The Labute approximate surface area is 194 Å². The molecule has 0 spiro atoms. The number of nitrogens with two attached hydrogens (primary N) is 1. The molecule has 8 heteroatoms. The fourth-order valence-electron chi connectivity index (χ4n) is 4.83. The molecule has 3 aliphatic rings. The molecular formula is C25H32N6O2. The third-order valence-corrected chi connectivity index (χ3v) is 7.12. The number of carbonyl (C=O) groups is 1. The molecule has 1 aromatic heterocycles. The Hall–Kier alpha value is -3.16. The van der Waals surface area contributed by atoms with E-state index in [0.29, 0.717) is 47.6 Å². The van der Waals surface area contributed by atoms with Gasteiger partial charge in [0.2, 0.25) is 5.91 Å². The topological polar surface area (TPSA) is 108 Å². The van der Waals surface area contributed by atoms with Crippen LogP contribution in [-0.2, 0) is 4.79 Å². The molecule has 33 heavy (non-hydrogen) atoms. The van der Waals surface area contributed by atoms with Crippen LogP contribution in [0.3, 0.4) is 0 Å². The number of nitrogen functional groups attached to an aromatic ring is 1.